The zero-order valence-corrected chi connectivity index (χ0v) is 20.4. The smallest absolute Gasteiger partial charge is 0.258 e. The summed E-state index contributed by atoms with van der Waals surface area (Å²) in [7, 11) is 2.85. The topological polar surface area (TPSA) is 108 Å². The van der Waals surface area contributed by atoms with Gasteiger partial charge in [-0.2, -0.15) is 10.2 Å². The third kappa shape index (κ3) is 6.27. The molecule has 2 aromatic rings. The molecule has 0 spiro atoms. The van der Waals surface area contributed by atoms with Gasteiger partial charge in [-0.15, -0.1) is 0 Å². The molecule has 1 atom stereocenters. The summed E-state index contributed by atoms with van der Waals surface area (Å²) in [6, 6.07) is 4.83. The van der Waals surface area contributed by atoms with Crippen LogP contribution in [0.5, 0.6) is 23.0 Å². The number of hydrogen-bond donors (Lipinski definition) is 1. The Bertz CT molecular complexity index is 1050. The number of carbonyl (C=O) groups is 2. The van der Waals surface area contributed by atoms with Gasteiger partial charge < -0.3 is 24.3 Å². The van der Waals surface area contributed by atoms with Crippen LogP contribution in [-0.2, 0) is 9.59 Å². The number of nitrogens with zero attached hydrogens (tertiary/aromatic N) is 2. The van der Waals surface area contributed by atoms with Crippen molar-refractivity contribution >= 4 is 46.3 Å². The van der Waals surface area contributed by atoms with Crippen LogP contribution in [0, 0.1) is 0 Å². The Morgan fingerprint density at radius 2 is 1.64 bits per heavy atom. The second-order valence-electron chi connectivity index (χ2n) is 6.47. The number of halogens is 2. The summed E-state index contributed by atoms with van der Waals surface area (Å²) in [6.07, 6.45) is 0. The van der Waals surface area contributed by atoms with Gasteiger partial charge in [-0.1, -0.05) is 23.2 Å². The number of azo groups is 1. The van der Waals surface area contributed by atoms with Crippen LogP contribution in [0.4, 0.5) is 11.4 Å². The molecule has 33 heavy (non-hydrogen) atoms. The van der Waals surface area contributed by atoms with Gasteiger partial charge in [-0.25, -0.2) is 0 Å². The Morgan fingerprint density at radius 1 is 0.970 bits per heavy atom. The van der Waals surface area contributed by atoms with Gasteiger partial charge in [-0.05, 0) is 45.0 Å². The normalized spacial score (nSPS) is 11.7. The van der Waals surface area contributed by atoms with E-state index >= 15 is 0 Å². The Labute approximate surface area is 202 Å². The predicted octanol–water partition coefficient (Wildman–Crippen LogP) is 5.49. The molecule has 0 aliphatic heterocycles. The fourth-order valence-electron chi connectivity index (χ4n) is 2.80. The standard InChI is InChI=1S/C22H25Cl2N3O6/c1-6-32-15-11-9-14(20(17(15)24)33-7-2)26-27-18(12(3)28)22(29)25-19-13(23)8-10-16(30-4)21(19)31-5/h8-11,18H,6-7H2,1-5H3,(H,25,29). The molecule has 0 aliphatic rings. The Morgan fingerprint density at radius 3 is 2.21 bits per heavy atom. The first kappa shape index (κ1) is 26.2. The highest BCUT2D eigenvalue weighted by Crippen LogP contribution is 2.42. The fourth-order valence-corrected chi connectivity index (χ4v) is 3.27. The Kier molecular flexibility index (Phi) is 9.74. The first-order valence-corrected chi connectivity index (χ1v) is 10.7. The maximum absolute atomic E-state index is 12.9. The van der Waals surface area contributed by atoms with Gasteiger partial charge in [0, 0.05) is 0 Å². The van der Waals surface area contributed by atoms with E-state index in [2.05, 4.69) is 15.5 Å². The van der Waals surface area contributed by atoms with Crippen LogP contribution in [0.15, 0.2) is 34.5 Å². The molecule has 0 aliphatic carbocycles. The Hall–Kier alpha value is -3.04. The summed E-state index contributed by atoms with van der Waals surface area (Å²) >= 11 is 12.6. The van der Waals surface area contributed by atoms with E-state index in [0.717, 1.165) is 0 Å². The predicted molar refractivity (Wildman–Crippen MR) is 126 cm³/mol. The maximum Gasteiger partial charge on any atom is 0.258 e. The number of methoxy groups -OCH3 is 2. The SMILES string of the molecule is CCOc1ccc(N=NC(C(C)=O)C(=O)Nc2c(Cl)ccc(OC)c2OC)c(OCC)c1Cl. The summed E-state index contributed by atoms with van der Waals surface area (Å²) in [5, 5.41) is 11.0. The summed E-state index contributed by atoms with van der Waals surface area (Å²) < 4.78 is 21.6. The summed E-state index contributed by atoms with van der Waals surface area (Å²) in [5.41, 5.74) is 0.380. The van der Waals surface area contributed by atoms with Crippen molar-refractivity contribution in [1.29, 1.82) is 0 Å². The third-order valence-electron chi connectivity index (χ3n) is 4.29. The average Bonchev–Trinajstić information content (AvgIpc) is 2.78. The lowest BCUT2D eigenvalue weighted by atomic mass is 10.2. The number of amides is 1. The zero-order valence-electron chi connectivity index (χ0n) is 18.9. The minimum Gasteiger partial charge on any atom is -0.493 e. The molecule has 0 saturated carbocycles. The lowest BCUT2D eigenvalue weighted by Crippen LogP contribution is -2.32. The van der Waals surface area contributed by atoms with Gasteiger partial charge in [0.05, 0.1) is 32.5 Å². The van der Waals surface area contributed by atoms with E-state index < -0.39 is 17.7 Å². The number of ketones is 1. The monoisotopic (exact) mass is 497 g/mol. The Balaban J connectivity index is 2.39. The molecule has 0 radical (unpaired) electrons. The van der Waals surface area contributed by atoms with Crippen molar-refractivity contribution in [2.45, 2.75) is 26.8 Å². The number of benzene rings is 2. The number of nitrogens with one attached hydrogen (secondary N) is 1. The van der Waals surface area contributed by atoms with Crippen LogP contribution in [0.25, 0.3) is 0 Å². The number of ether oxygens (including phenoxy) is 4. The molecular weight excluding hydrogens is 473 g/mol. The molecule has 1 unspecified atom stereocenters. The minimum absolute atomic E-state index is 0.143. The zero-order chi connectivity index (χ0) is 24.5. The summed E-state index contributed by atoms with van der Waals surface area (Å²) in [5.74, 6) is -0.0895. The highest BCUT2D eigenvalue weighted by Gasteiger charge is 2.26. The van der Waals surface area contributed by atoms with E-state index in [0.29, 0.717) is 24.7 Å². The molecule has 1 amide bonds. The van der Waals surface area contributed by atoms with Crippen LogP contribution in [0.3, 0.4) is 0 Å². The van der Waals surface area contributed by atoms with E-state index in [-0.39, 0.29) is 32.9 Å². The highest BCUT2D eigenvalue weighted by molar-refractivity contribution is 6.34. The van der Waals surface area contributed by atoms with E-state index in [4.69, 9.17) is 42.1 Å². The van der Waals surface area contributed by atoms with Crippen molar-refractivity contribution < 1.29 is 28.5 Å². The third-order valence-corrected chi connectivity index (χ3v) is 4.96. The lowest BCUT2D eigenvalue weighted by molar-refractivity contribution is -0.126. The lowest BCUT2D eigenvalue weighted by Gasteiger charge is -2.16. The van der Waals surface area contributed by atoms with Gasteiger partial charge in [-0.3, -0.25) is 9.59 Å². The van der Waals surface area contributed by atoms with Crippen molar-refractivity contribution in [1.82, 2.24) is 0 Å². The second kappa shape index (κ2) is 12.3. The molecule has 178 valence electrons. The van der Waals surface area contributed by atoms with Crippen molar-refractivity contribution in [3.8, 4) is 23.0 Å². The van der Waals surface area contributed by atoms with Crippen molar-refractivity contribution in [3.63, 3.8) is 0 Å². The molecule has 0 fully saturated rings. The molecule has 0 heterocycles. The molecule has 0 bridgehead atoms. The van der Waals surface area contributed by atoms with Gasteiger partial charge in [0.1, 0.15) is 22.1 Å². The number of Topliss-reactive ketones (excluding diaryl/α,β-unsaturated/α-hetero) is 1. The van der Waals surface area contributed by atoms with Crippen molar-refractivity contribution in [2.24, 2.45) is 10.2 Å². The largest absolute Gasteiger partial charge is 0.493 e. The number of anilines is 1. The van der Waals surface area contributed by atoms with Gasteiger partial charge in [0.25, 0.3) is 5.91 Å². The summed E-state index contributed by atoms with van der Waals surface area (Å²) in [4.78, 5) is 25.1. The van der Waals surface area contributed by atoms with Crippen molar-refractivity contribution in [3.05, 3.63) is 34.3 Å². The first-order valence-electron chi connectivity index (χ1n) is 9.99. The highest BCUT2D eigenvalue weighted by atomic mass is 35.5. The molecule has 2 rings (SSSR count). The van der Waals surface area contributed by atoms with Crippen LogP contribution in [0.1, 0.15) is 20.8 Å². The van der Waals surface area contributed by atoms with Crippen LogP contribution in [-0.4, -0.2) is 45.2 Å². The minimum atomic E-state index is -1.46. The molecule has 0 saturated heterocycles. The summed E-state index contributed by atoms with van der Waals surface area (Å²) in [6.45, 7) is 5.55. The molecule has 9 nitrogen and oxygen atoms in total. The fraction of sp³-hybridized carbons (Fsp3) is 0.364. The van der Waals surface area contributed by atoms with Crippen LogP contribution >= 0.6 is 23.2 Å². The molecule has 1 N–H and O–H groups in total. The number of rotatable bonds is 11. The van der Waals surface area contributed by atoms with E-state index in [1.54, 1.807) is 25.1 Å². The maximum atomic E-state index is 12.9. The molecule has 11 heteroatoms. The van der Waals surface area contributed by atoms with Gasteiger partial charge >= 0.3 is 0 Å². The second-order valence-corrected chi connectivity index (χ2v) is 7.25. The quantitative estimate of drug-likeness (QED) is 0.324. The van der Waals surface area contributed by atoms with Crippen LogP contribution in [0.2, 0.25) is 10.0 Å². The van der Waals surface area contributed by atoms with Crippen molar-refractivity contribution in [2.75, 3.05) is 32.8 Å². The van der Waals surface area contributed by atoms with E-state index in [1.165, 1.54) is 27.2 Å². The van der Waals surface area contributed by atoms with Gasteiger partial charge in [0.2, 0.25) is 6.04 Å². The number of hydrogen-bond acceptors (Lipinski definition) is 8. The molecular formula is C22H25Cl2N3O6. The molecule has 0 aromatic heterocycles. The van der Waals surface area contributed by atoms with Gasteiger partial charge in [0.15, 0.2) is 23.0 Å². The first-order chi connectivity index (χ1) is 15.8. The average molecular weight is 498 g/mol. The van der Waals surface area contributed by atoms with E-state index in [1.807, 2.05) is 6.92 Å². The number of carbonyl (C=O) groups excluding carboxylic acids is 2. The van der Waals surface area contributed by atoms with E-state index in [9.17, 15) is 9.59 Å². The molecule has 2 aromatic carbocycles. The van der Waals surface area contributed by atoms with Crippen LogP contribution < -0.4 is 24.3 Å².